The smallest absolute Gasteiger partial charge is 0.359 e. The Bertz CT molecular complexity index is 484. The summed E-state index contributed by atoms with van der Waals surface area (Å²) in [7, 11) is 0. The van der Waals surface area contributed by atoms with Crippen LogP contribution in [0.15, 0.2) is 5.16 Å². The minimum absolute atomic E-state index is 0.0532. The van der Waals surface area contributed by atoms with E-state index >= 15 is 0 Å². The number of carbonyl (C=O) groups excluding carboxylic acids is 2. The van der Waals surface area contributed by atoms with E-state index in [1.165, 1.54) is 11.8 Å². The maximum absolute atomic E-state index is 11.9. The van der Waals surface area contributed by atoms with Gasteiger partial charge in [-0.3, -0.25) is 0 Å². The molecule has 0 saturated carbocycles. The monoisotopic (exact) mass is 270 g/mol. The van der Waals surface area contributed by atoms with Gasteiger partial charge >= 0.3 is 11.9 Å². The molecule has 0 N–H and O–H groups in total. The normalized spacial score (nSPS) is 13.2. The predicted molar refractivity (Wildman–Crippen MR) is 64.9 cm³/mol. The number of esters is 2. The zero-order valence-corrected chi connectivity index (χ0v) is 11.1. The molecule has 0 fully saturated rings. The predicted octanol–water partition coefficient (Wildman–Crippen LogP) is 1.34. The second kappa shape index (κ2) is 5.43. The SMILES string of the molecule is CCOC(=O)c1nc2n(c1C(=O)OCC)CCS2. The highest BCUT2D eigenvalue weighted by molar-refractivity contribution is 7.99. The number of thioether (sulfide) groups is 1. The van der Waals surface area contributed by atoms with Gasteiger partial charge in [0.05, 0.1) is 13.2 Å². The Hall–Kier alpha value is -1.50. The van der Waals surface area contributed by atoms with Crippen LogP contribution in [-0.2, 0) is 16.0 Å². The van der Waals surface area contributed by atoms with Crippen LogP contribution >= 0.6 is 11.8 Å². The Morgan fingerprint density at radius 1 is 1.28 bits per heavy atom. The third-order valence-corrected chi connectivity index (χ3v) is 3.37. The summed E-state index contributed by atoms with van der Waals surface area (Å²) < 4.78 is 11.6. The van der Waals surface area contributed by atoms with Crippen molar-refractivity contribution >= 4 is 23.7 Å². The van der Waals surface area contributed by atoms with E-state index in [1.54, 1.807) is 18.4 Å². The first-order valence-corrected chi connectivity index (χ1v) is 6.75. The lowest BCUT2D eigenvalue weighted by atomic mass is 10.3. The highest BCUT2D eigenvalue weighted by Gasteiger charge is 2.31. The van der Waals surface area contributed by atoms with Gasteiger partial charge in [-0.2, -0.15) is 0 Å². The molecule has 98 valence electrons. The average molecular weight is 270 g/mol. The van der Waals surface area contributed by atoms with Crippen LogP contribution < -0.4 is 0 Å². The van der Waals surface area contributed by atoms with E-state index in [4.69, 9.17) is 9.47 Å². The van der Waals surface area contributed by atoms with Crippen molar-refractivity contribution in [2.24, 2.45) is 0 Å². The first-order chi connectivity index (χ1) is 8.69. The van der Waals surface area contributed by atoms with Crippen LogP contribution in [0.2, 0.25) is 0 Å². The number of imidazole rings is 1. The van der Waals surface area contributed by atoms with E-state index in [0.717, 1.165) is 5.75 Å². The number of hydrogen-bond donors (Lipinski definition) is 0. The molecule has 1 aliphatic heterocycles. The van der Waals surface area contributed by atoms with Gasteiger partial charge in [0.2, 0.25) is 0 Å². The fraction of sp³-hybridized carbons (Fsp3) is 0.545. The van der Waals surface area contributed by atoms with Crippen molar-refractivity contribution in [3.05, 3.63) is 11.4 Å². The van der Waals surface area contributed by atoms with Crippen molar-refractivity contribution in [3.63, 3.8) is 0 Å². The van der Waals surface area contributed by atoms with Gasteiger partial charge in [0, 0.05) is 12.3 Å². The van der Waals surface area contributed by atoms with Crippen LogP contribution in [0, 0.1) is 0 Å². The van der Waals surface area contributed by atoms with Crippen molar-refractivity contribution in [1.82, 2.24) is 9.55 Å². The van der Waals surface area contributed by atoms with E-state index < -0.39 is 11.9 Å². The van der Waals surface area contributed by atoms with E-state index in [-0.39, 0.29) is 24.6 Å². The molecule has 6 nitrogen and oxygen atoms in total. The number of ether oxygens (including phenoxy) is 2. The third kappa shape index (κ3) is 2.22. The lowest BCUT2D eigenvalue weighted by Crippen LogP contribution is -2.17. The van der Waals surface area contributed by atoms with Gasteiger partial charge < -0.3 is 14.0 Å². The lowest BCUT2D eigenvalue weighted by molar-refractivity contribution is 0.0467. The number of hydrogen-bond acceptors (Lipinski definition) is 6. The summed E-state index contributed by atoms with van der Waals surface area (Å²) in [5, 5.41) is 0.668. The number of nitrogens with zero attached hydrogens (tertiary/aromatic N) is 2. The van der Waals surface area contributed by atoms with Gasteiger partial charge in [0.15, 0.2) is 16.5 Å². The molecule has 7 heteroatoms. The zero-order chi connectivity index (χ0) is 13.1. The van der Waals surface area contributed by atoms with Crippen LogP contribution in [0.25, 0.3) is 0 Å². The topological polar surface area (TPSA) is 70.4 Å². The average Bonchev–Trinajstić information content (AvgIpc) is 2.88. The zero-order valence-electron chi connectivity index (χ0n) is 10.3. The number of fused-ring (bicyclic) bond motifs is 1. The summed E-state index contributed by atoms with van der Waals surface area (Å²) in [4.78, 5) is 27.8. The lowest BCUT2D eigenvalue weighted by Gasteiger charge is -2.06. The number of carbonyl (C=O) groups is 2. The molecule has 0 bridgehead atoms. The fourth-order valence-electron chi connectivity index (χ4n) is 1.73. The van der Waals surface area contributed by atoms with Crippen LogP contribution in [0.4, 0.5) is 0 Å². The minimum Gasteiger partial charge on any atom is -0.461 e. The molecule has 1 aliphatic rings. The molecule has 1 aromatic rings. The Morgan fingerprint density at radius 3 is 2.61 bits per heavy atom. The highest BCUT2D eigenvalue weighted by Crippen LogP contribution is 2.29. The van der Waals surface area contributed by atoms with Gasteiger partial charge in [-0.1, -0.05) is 11.8 Å². The first kappa shape index (κ1) is 12.9. The second-order valence-corrected chi connectivity index (χ2v) is 4.59. The van der Waals surface area contributed by atoms with E-state index in [2.05, 4.69) is 4.98 Å². The summed E-state index contributed by atoms with van der Waals surface area (Å²) in [6, 6.07) is 0. The van der Waals surface area contributed by atoms with Crippen LogP contribution in [0.5, 0.6) is 0 Å². The molecule has 0 unspecified atom stereocenters. The van der Waals surface area contributed by atoms with Crippen molar-refractivity contribution in [2.45, 2.75) is 25.5 Å². The molecule has 2 rings (SSSR count). The van der Waals surface area contributed by atoms with Gasteiger partial charge in [-0.05, 0) is 13.8 Å². The molecule has 0 aliphatic carbocycles. The summed E-state index contributed by atoms with van der Waals surface area (Å²) in [5.41, 5.74) is 0.257. The summed E-state index contributed by atoms with van der Waals surface area (Å²) in [6.07, 6.45) is 0. The van der Waals surface area contributed by atoms with Crippen LogP contribution in [0.3, 0.4) is 0 Å². The number of aromatic nitrogens is 2. The summed E-state index contributed by atoms with van der Waals surface area (Å²) in [5.74, 6) is -0.262. The molecule has 0 aromatic carbocycles. The largest absolute Gasteiger partial charge is 0.461 e. The molecule has 0 spiro atoms. The Morgan fingerprint density at radius 2 is 1.94 bits per heavy atom. The first-order valence-electron chi connectivity index (χ1n) is 5.76. The molecule has 2 heterocycles. The van der Waals surface area contributed by atoms with Crippen molar-refractivity contribution in [3.8, 4) is 0 Å². The van der Waals surface area contributed by atoms with E-state index in [1.807, 2.05) is 0 Å². The molecular weight excluding hydrogens is 256 g/mol. The standard InChI is InChI=1S/C11H14N2O4S/c1-3-16-9(14)7-8(10(15)17-4-2)13-5-6-18-11(13)12-7/h3-6H2,1-2H3. The van der Waals surface area contributed by atoms with E-state index in [0.29, 0.717) is 11.7 Å². The second-order valence-electron chi connectivity index (χ2n) is 3.53. The van der Waals surface area contributed by atoms with Crippen molar-refractivity contribution < 1.29 is 19.1 Å². The Labute approximate surface area is 109 Å². The molecular formula is C11H14N2O4S. The Balaban J connectivity index is 2.40. The van der Waals surface area contributed by atoms with Gasteiger partial charge in [0.1, 0.15) is 0 Å². The summed E-state index contributed by atoms with van der Waals surface area (Å²) in [6.45, 7) is 4.59. The van der Waals surface area contributed by atoms with Crippen LogP contribution in [-0.4, -0.2) is 40.5 Å². The van der Waals surface area contributed by atoms with Crippen molar-refractivity contribution in [1.29, 1.82) is 0 Å². The van der Waals surface area contributed by atoms with Gasteiger partial charge in [0.25, 0.3) is 0 Å². The highest BCUT2D eigenvalue weighted by atomic mass is 32.2. The summed E-state index contributed by atoms with van der Waals surface area (Å²) >= 11 is 1.51. The van der Waals surface area contributed by atoms with Crippen LogP contribution in [0.1, 0.15) is 34.8 Å². The minimum atomic E-state index is -0.581. The molecule has 1 aromatic heterocycles. The van der Waals surface area contributed by atoms with Crippen molar-refractivity contribution in [2.75, 3.05) is 19.0 Å². The Kier molecular flexibility index (Phi) is 3.90. The maximum Gasteiger partial charge on any atom is 0.359 e. The van der Waals surface area contributed by atoms with E-state index in [9.17, 15) is 9.59 Å². The van der Waals surface area contributed by atoms with Gasteiger partial charge in [-0.15, -0.1) is 0 Å². The molecule has 0 saturated heterocycles. The maximum atomic E-state index is 11.9. The molecule has 18 heavy (non-hydrogen) atoms. The fourth-order valence-corrected chi connectivity index (χ4v) is 2.68. The molecule has 0 radical (unpaired) electrons. The van der Waals surface area contributed by atoms with Gasteiger partial charge in [-0.25, -0.2) is 14.6 Å². The third-order valence-electron chi connectivity index (χ3n) is 2.42. The quantitative estimate of drug-likeness (QED) is 0.769. The molecule has 0 atom stereocenters. The molecule has 0 amide bonds. The number of rotatable bonds is 4.